The molecule has 1 aliphatic rings. The summed E-state index contributed by atoms with van der Waals surface area (Å²) in [5.74, 6) is 0.0589. The zero-order valence-corrected chi connectivity index (χ0v) is 13.5. The SMILES string of the molecule is O=S(=O)(Cc1ccccc1)N1CCc2c([nH]c3ccccc23)C1. The Labute approximate surface area is 135 Å². The number of aromatic amines is 1. The molecule has 4 nitrogen and oxygen atoms in total. The van der Waals surface area contributed by atoms with Gasteiger partial charge < -0.3 is 4.98 Å². The second-order valence-electron chi connectivity index (χ2n) is 5.95. The Morgan fingerprint density at radius 1 is 1.00 bits per heavy atom. The van der Waals surface area contributed by atoms with Crippen LogP contribution in [0.1, 0.15) is 16.8 Å². The van der Waals surface area contributed by atoms with Crippen LogP contribution in [0.2, 0.25) is 0 Å². The summed E-state index contributed by atoms with van der Waals surface area (Å²) in [4.78, 5) is 3.38. The molecule has 0 saturated heterocycles. The molecule has 118 valence electrons. The van der Waals surface area contributed by atoms with Crippen LogP contribution in [0, 0.1) is 0 Å². The molecule has 2 heterocycles. The number of fused-ring (bicyclic) bond motifs is 3. The quantitative estimate of drug-likeness (QED) is 0.804. The second kappa shape index (κ2) is 5.51. The van der Waals surface area contributed by atoms with Crippen molar-refractivity contribution >= 4 is 20.9 Å². The Balaban J connectivity index is 1.62. The van der Waals surface area contributed by atoms with Gasteiger partial charge in [-0.05, 0) is 23.6 Å². The number of H-pyrrole nitrogens is 1. The molecule has 0 fully saturated rings. The van der Waals surface area contributed by atoms with Gasteiger partial charge in [0.05, 0.1) is 12.3 Å². The molecule has 0 unspecified atom stereocenters. The smallest absolute Gasteiger partial charge is 0.218 e. The first-order valence-electron chi connectivity index (χ1n) is 7.74. The molecule has 0 atom stereocenters. The summed E-state index contributed by atoms with van der Waals surface area (Å²) >= 11 is 0. The van der Waals surface area contributed by atoms with Gasteiger partial charge in [0.25, 0.3) is 0 Å². The number of aromatic nitrogens is 1. The number of rotatable bonds is 3. The maximum Gasteiger partial charge on any atom is 0.218 e. The van der Waals surface area contributed by atoms with Gasteiger partial charge in [-0.15, -0.1) is 0 Å². The number of sulfonamides is 1. The maximum atomic E-state index is 12.7. The van der Waals surface area contributed by atoms with Crippen molar-refractivity contribution in [3.8, 4) is 0 Å². The van der Waals surface area contributed by atoms with Gasteiger partial charge >= 0.3 is 0 Å². The Morgan fingerprint density at radius 2 is 1.74 bits per heavy atom. The van der Waals surface area contributed by atoms with E-state index in [1.165, 1.54) is 10.9 Å². The standard InChI is InChI=1S/C18H18N2O2S/c21-23(22,13-14-6-2-1-3-7-14)20-11-10-16-15-8-4-5-9-17(15)19-18(16)12-20/h1-9,19H,10-13H2. The average Bonchev–Trinajstić information content (AvgIpc) is 2.93. The molecular formula is C18H18N2O2S. The molecule has 1 aromatic heterocycles. The molecule has 0 amide bonds. The lowest BCUT2D eigenvalue weighted by molar-refractivity contribution is 0.388. The molecule has 0 bridgehead atoms. The van der Waals surface area contributed by atoms with Gasteiger partial charge in [0, 0.05) is 23.1 Å². The second-order valence-corrected chi connectivity index (χ2v) is 7.92. The Morgan fingerprint density at radius 3 is 2.57 bits per heavy atom. The van der Waals surface area contributed by atoms with E-state index in [-0.39, 0.29) is 5.75 Å². The fraction of sp³-hybridized carbons (Fsp3) is 0.222. The Kier molecular flexibility index (Phi) is 3.47. The van der Waals surface area contributed by atoms with Crippen LogP contribution in [-0.4, -0.2) is 24.3 Å². The van der Waals surface area contributed by atoms with E-state index in [4.69, 9.17) is 0 Å². The average molecular weight is 326 g/mol. The molecule has 1 aliphatic heterocycles. The summed E-state index contributed by atoms with van der Waals surface area (Å²) in [5, 5.41) is 1.21. The molecule has 1 N–H and O–H groups in total. The Hall–Kier alpha value is -2.11. The van der Waals surface area contributed by atoms with Crippen LogP contribution in [-0.2, 0) is 28.7 Å². The highest BCUT2D eigenvalue weighted by molar-refractivity contribution is 7.88. The molecular weight excluding hydrogens is 308 g/mol. The predicted octanol–water partition coefficient (Wildman–Crippen LogP) is 3.06. The van der Waals surface area contributed by atoms with Crippen LogP contribution in [0.4, 0.5) is 0 Å². The summed E-state index contributed by atoms with van der Waals surface area (Å²) in [5.41, 5.74) is 4.19. The first-order chi connectivity index (χ1) is 11.1. The van der Waals surface area contributed by atoms with Gasteiger partial charge in [0.2, 0.25) is 10.0 Å². The number of nitrogens with one attached hydrogen (secondary N) is 1. The third kappa shape index (κ3) is 2.66. The summed E-state index contributed by atoms with van der Waals surface area (Å²) in [7, 11) is -3.30. The van der Waals surface area contributed by atoms with E-state index in [1.807, 2.05) is 48.5 Å². The van der Waals surface area contributed by atoms with Crippen molar-refractivity contribution in [2.75, 3.05) is 6.54 Å². The normalized spacial score (nSPS) is 15.7. The van der Waals surface area contributed by atoms with Crippen molar-refractivity contribution in [1.29, 1.82) is 0 Å². The fourth-order valence-electron chi connectivity index (χ4n) is 3.28. The van der Waals surface area contributed by atoms with E-state index in [1.54, 1.807) is 4.31 Å². The van der Waals surface area contributed by atoms with Crippen molar-refractivity contribution in [1.82, 2.24) is 9.29 Å². The highest BCUT2D eigenvalue weighted by atomic mass is 32.2. The number of nitrogens with zero attached hydrogens (tertiary/aromatic N) is 1. The summed E-state index contributed by atoms with van der Waals surface area (Å²) in [6.07, 6.45) is 0.757. The first kappa shape index (κ1) is 14.5. The largest absolute Gasteiger partial charge is 0.357 e. The van der Waals surface area contributed by atoms with E-state index in [2.05, 4.69) is 11.1 Å². The van der Waals surface area contributed by atoms with Gasteiger partial charge in [0.15, 0.2) is 0 Å². The van der Waals surface area contributed by atoms with Crippen molar-refractivity contribution in [3.63, 3.8) is 0 Å². The molecule has 23 heavy (non-hydrogen) atoms. The number of hydrogen-bond donors (Lipinski definition) is 1. The third-order valence-corrected chi connectivity index (χ3v) is 6.23. The van der Waals surface area contributed by atoms with Crippen LogP contribution in [0.25, 0.3) is 10.9 Å². The summed E-state index contributed by atoms with van der Waals surface area (Å²) < 4.78 is 27.0. The highest BCUT2D eigenvalue weighted by Gasteiger charge is 2.28. The molecule has 0 radical (unpaired) electrons. The van der Waals surface area contributed by atoms with Gasteiger partial charge in [-0.3, -0.25) is 0 Å². The summed E-state index contributed by atoms with van der Waals surface area (Å²) in [6, 6.07) is 17.5. The lowest BCUT2D eigenvalue weighted by Gasteiger charge is -2.26. The minimum Gasteiger partial charge on any atom is -0.357 e. The summed E-state index contributed by atoms with van der Waals surface area (Å²) in [6.45, 7) is 0.975. The zero-order chi connectivity index (χ0) is 15.9. The van der Waals surface area contributed by atoms with Gasteiger partial charge in [-0.2, -0.15) is 4.31 Å². The molecule has 0 saturated carbocycles. The van der Waals surface area contributed by atoms with E-state index < -0.39 is 10.0 Å². The lowest BCUT2D eigenvalue weighted by Crippen LogP contribution is -2.36. The number of para-hydroxylation sites is 1. The number of benzene rings is 2. The van der Waals surface area contributed by atoms with Crippen molar-refractivity contribution in [2.45, 2.75) is 18.7 Å². The molecule has 5 heteroatoms. The minimum atomic E-state index is -3.30. The third-order valence-electron chi connectivity index (χ3n) is 4.43. The zero-order valence-electron chi connectivity index (χ0n) is 12.7. The Bertz CT molecular complexity index is 946. The van der Waals surface area contributed by atoms with E-state index in [0.717, 1.165) is 23.2 Å². The van der Waals surface area contributed by atoms with E-state index >= 15 is 0 Å². The molecule has 0 spiro atoms. The van der Waals surface area contributed by atoms with Gasteiger partial charge in [-0.25, -0.2) is 8.42 Å². The van der Waals surface area contributed by atoms with Crippen molar-refractivity contribution in [3.05, 3.63) is 71.4 Å². The molecule has 4 rings (SSSR count). The molecule has 2 aromatic carbocycles. The topological polar surface area (TPSA) is 53.2 Å². The first-order valence-corrected chi connectivity index (χ1v) is 9.34. The van der Waals surface area contributed by atoms with Crippen LogP contribution in [0.5, 0.6) is 0 Å². The van der Waals surface area contributed by atoms with Crippen molar-refractivity contribution in [2.24, 2.45) is 0 Å². The predicted molar refractivity (Wildman–Crippen MR) is 91.5 cm³/mol. The van der Waals surface area contributed by atoms with Crippen LogP contribution >= 0.6 is 0 Å². The van der Waals surface area contributed by atoms with Crippen LogP contribution < -0.4 is 0 Å². The van der Waals surface area contributed by atoms with Crippen LogP contribution in [0.15, 0.2) is 54.6 Å². The minimum absolute atomic E-state index is 0.0589. The number of hydrogen-bond acceptors (Lipinski definition) is 2. The van der Waals surface area contributed by atoms with E-state index in [0.29, 0.717) is 13.1 Å². The molecule has 0 aliphatic carbocycles. The van der Waals surface area contributed by atoms with Crippen molar-refractivity contribution < 1.29 is 8.42 Å². The van der Waals surface area contributed by atoms with E-state index in [9.17, 15) is 8.42 Å². The monoisotopic (exact) mass is 326 g/mol. The van der Waals surface area contributed by atoms with Gasteiger partial charge in [0.1, 0.15) is 0 Å². The molecule has 3 aromatic rings. The fourth-order valence-corrected chi connectivity index (χ4v) is 4.77. The maximum absolute atomic E-state index is 12.7. The highest BCUT2D eigenvalue weighted by Crippen LogP contribution is 2.29. The van der Waals surface area contributed by atoms with Crippen LogP contribution in [0.3, 0.4) is 0 Å². The lowest BCUT2D eigenvalue weighted by atomic mass is 10.1. The van der Waals surface area contributed by atoms with Gasteiger partial charge in [-0.1, -0.05) is 48.5 Å².